The zero-order valence-electron chi connectivity index (χ0n) is 23.3. The van der Waals surface area contributed by atoms with Crippen LogP contribution in [0, 0.1) is 23.4 Å². The van der Waals surface area contributed by atoms with Gasteiger partial charge in [-0.05, 0) is 61.9 Å². The van der Waals surface area contributed by atoms with Crippen LogP contribution in [0.15, 0.2) is 30.5 Å². The molecule has 0 amide bonds. The number of rotatable bonds is 5. The number of nitrogens with one attached hydrogen (secondary N) is 1. The lowest BCUT2D eigenvalue weighted by Gasteiger charge is -2.31. The van der Waals surface area contributed by atoms with Crippen LogP contribution in [-0.4, -0.2) is 82.0 Å². The van der Waals surface area contributed by atoms with Gasteiger partial charge in [0.15, 0.2) is 17.5 Å². The van der Waals surface area contributed by atoms with Crippen molar-refractivity contribution in [2.45, 2.75) is 43.4 Å². The van der Waals surface area contributed by atoms with Gasteiger partial charge in [-0.2, -0.15) is 9.97 Å². The maximum Gasteiger partial charge on any atom is 0.319 e. The number of ether oxygens (including phenoxy) is 1. The molecule has 0 bridgehead atoms. The van der Waals surface area contributed by atoms with Crippen LogP contribution < -0.4 is 15.0 Å². The fourth-order valence-electron chi connectivity index (χ4n) is 7.75. The number of aromatic hydroxyl groups is 1. The first-order chi connectivity index (χ1) is 20.8. The van der Waals surface area contributed by atoms with E-state index < -0.39 is 29.2 Å². The van der Waals surface area contributed by atoms with Crippen LogP contribution >= 0.6 is 0 Å². The second-order valence-electron chi connectivity index (χ2n) is 12.3. The minimum atomic E-state index is -1.17. The number of alkyl halides is 1. The van der Waals surface area contributed by atoms with E-state index in [0.717, 1.165) is 51.0 Å². The Labute approximate surface area is 244 Å². The highest BCUT2D eigenvalue weighted by atomic mass is 19.2. The van der Waals surface area contributed by atoms with Crippen molar-refractivity contribution in [3.05, 3.63) is 47.9 Å². The number of hydrogen-bond acceptors (Lipinski definition) is 8. The van der Waals surface area contributed by atoms with Crippen LogP contribution in [0.2, 0.25) is 0 Å². The van der Waals surface area contributed by atoms with E-state index in [1.807, 2.05) is 0 Å². The first-order valence-corrected chi connectivity index (χ1v) is 14.8. The van der Waals surface area contributed by atoms with Gasteiger partial charge in [0.1, 0.15) is 35.6 Å². The van der Waals surface area contributed by atoms with Crippen LogP contribution in [0.1, 0.15) is 25.7 Å². The van der Waals surface area contributed by atoms with Crippen molar-refractivity contribution in [2.24, 2.45) is 5.92 Å². The third-order valence-electron chi connectivity index (χ3n) is 9.78. The quantitative estimate of drug-likeness (QED) is 0.321. The average molecular weight is 595 g/mol. The highest BCUT2D eigenvalue weighted by Gasteiger charge is 2.49. The maximum atomic E-state index is 16.5. The summed E-state index contributed by atoms with van der Waals surface area (Å²) < 4.78 is 66.4. The second kappa shape index (κ2) is 9.88. The highest BCUT2D eigenvalue weighted by Crippen LogP contribution is 2.42. The van der Waals surface area contributed by atoms with Crippen LogP contribution in [-0.2, 0) is 0 Å². The van der Waals surface area contributed by atoms with Gasteiger partial charge in [-0.1, -0.05) is 6.07 Å². The molecule has 43 heavy (non-hydrogen) atoms. The van der Waals surface area contributed by atoms with Gasteiger partial charge < -0.3 is 20.1 Å². The lowest BCUT2D eigenvalue weighted by molar-refractivity contribution is 0.107. The molecule has 4 saturated heterocycles. The monoisotopic (exact) mass is 594 g/mol. The fourth-order valence-corrected chi connectivity index (χ4v) is 7.75. The molecule has 2 N–H and O–H groups in total. The number of aromatic nitrogens is 3. The molecule has 0 saturated carbocycles. The van der Waals surface area contributed by atoms with E-state index in [-0.39, 0.29) is 52.0 Å². The van der Waals surface area contributed by atoms with Crippen molar-refractivity contribution in [3.63, 3.8) is 0 Å². The molecular formula is C31H30F4N6O2. The molecule has 0 unspecified atom stereocenters. The Kier molecular flexibility index (Phi) is 6.16. The summed E-state index contributed by atoms with van der Waals surface area (Å²) in [6.07, 6.45) is 3.64. The molecule has 0 radical (unpaired) electrons. The van der Waals surface area contributed by atoms with E-state index >= 15 is 8.78 Å². The molecule has 6 heterocycles. The number of anilines is 1. The molecular weight excluding hydrogens is 564 g/mol. The summed E-state index contributed by atoms with van der Waals surface area (Å²) >= 11 is 0. The van der Waals surface area contributed by atoms with E-state index in [1.54, 1.807) is 0 Å². The first kappa shape index (κ1) is 26.8. The number of benzene rings is 2. The Balaban J connectivity index is 1.26. The Morgan fingerprint density at radius 3 is 2.84 bits per heavy atom. The molecule has 0 spiro atoms. The summed E-state index contributed by atoms with van der Waals surface area (Å²) in [5, 5.41) is 14.2. The molecule has 8 rings (SSSR count). The molecule has 12 heteroatoms. The van der Waals surface area contributed by atoms with Gasteiger partial charge in [-0.3, -0.25) is 9.88 Å². The van der Waals surface area contributed by atoms with Crippen LogP contribution in [0.4, 0.5) is 23.4 Å². The molecule has 2 aromatic carbocycles. The normalized spacial score (nSPS) is 27.0. The van der Waals surface area contributed by atoms with E-state index in [2.05, 4.69) is 25.1 Å². The third-order valence-corrected chi connectivity index (χ3v) is 9.78. The zero-order valence-corrected chi connectivity index (χ0v) is 23.3. The Bertz CT molecular complexity index is 1760. The van der Waals surface area contributed by atoms with Crippen LogP contribution in [0.5, 0.6) is 11.8 Å². The largest absolute Gasteiger partial charge is 0.508 e. The van der Waals surface area contributed by atoms with Gasteiger partial charge in [0.25, 0.3) is 0 Å². The molecule has 4 atom stereocenters. The first-order valence-electron chi connectivity index (χ1n) is 14.8. The van der Waals surface area contributed by atoms with Crippen molar-refractivity contribution in [1.29, 1.82) is 0 Å². The smallest absolute Gasteiger partial charge is 0.319 e. The number of pyridine rings is 1. The molecule has 8 nitrogen and oxygen atoms in total. The Morgan fingerprint density at radius 1 is 1.09 bits per heavy atom. The van der Waals surface area contributed by atoms with Crippen molar-refractivity contribution >= 4 is 27.5 Å². The highest BCUT2D eigenvalue weighted by molar-refractivity contribution is 6.00. The molecule has 4 aromatic rings. The standard InChI is InChI=1S/C31H30F4N6O2/c32-18-10-31(5-1-7-41(31)13-18)15-43-30-38-28-21(29(39-30)40-12-17-4-6-36-23(17)14-40)11-37-27(26(28)35)20-9-19(42)8-16-2-3-22(33)25(34)24(16)20/h2-3,8-9,11,17-18,23,36,42H,1,4-7,10,12-15H2/t17-,18-,23+,31+/m1/s1. The molecule has 4 aliphatic rings. The van der Waals surface area contributed by atoms with Gasteiger partial charge >= 0.3 is 6.01 Å². The van der Waals surface area contributed by atoms with Crippen LogP contribution in [0.3, 0.4) is 0 Å². The summed E-state index contributed by atoms with van der Waals surface area (Å²) in [7, 11) is 0. The summed E-state index contributed by atoms with van der Waals surface area (Å²) in [4.78, 5) is 17.7. The summed E-state index contributed by atoms with van der Waals surface area (Å²) in [6.45, 7) is 3.68. The number of phenolic OH excluding ortho intramolecular Hbond substituents is 1. The summed E-state index contributed by atoms with van der Waals surface area (Å²) in [5.74, 6) is -2.49. The molecule has 0 aliphatic carbocycles. The number of hydrogen-bond donors (Lipinski definition) is 2. The molecule has 4 aliphatic heterocycles. The van der Waals surface area contributed by atoms with Gasteiger partial charge in [-0.15, -0.1) is 0 Å². The van der Waals surface area contributed by atoms with Crippen molar-refractivity contribution in [1.82, 2.24) is 25.2 Å². The lowest BCUT2D eigenvalue weighted by atomic mass is 9.95. The fraction of sp³-hybridized carbons (Fsp3) is 0.452. The van der Waals surface area contributed by atoms with Gasteiger partial charge in [0.2, 0.25) is 0 Å². The number of phenols is 1. The predicted molar refractivity (Wildman–Crippen MR) is 152 cm³/mol. The molecule has 2 aromatic heterocycles. The number of fused-ring (bicyclic) bond motifs is 4. The maximum absolute atomic E-state index is 16.5. The van der Waals surface area contributed by atoms with Gasteiger partial charge in [-0.25, -0.2) is 17.6 Å². The minimum absolute atomic E-state index is 0.0370. The van der Waals surface area contributed by atoms with Crippen molar-refractivity contribution in [3.8, 4) is 23.0 Å². The summed E-state index contributed by atoms with van der Waals surface area (Å²) in [6, 6.07) is 4.96. The molecule has 4 fully saturated rings. The van der Waals surface area contributed by atoms with Gasteiger partial charge in [0.05, 0.1) is 10.9 Å². The second-order valence-corrected chi connectivity index (χ2v) is 12.3. The SMILES string of the molecule is Oc1cc(-c2ncc3c(N4C[C@H]5CCN[C@H]5C4)nc(OC[C@@]45CCCN4C[C@H](F)C5)nc3c2F)c2c(F)c(F)ccc2c1. The van der Waals surface area contributed by atoms with E-state index in [4.69, 9.17) is 9.72 Å². The van der Waals surface area contributed by atoms with E-state index in [1.165, 1.54) is 18.3 Å². The number of nitrogens with zero attached hydrogens (tertiary/aromatic N) is 5. The summed E-state index contributed by atoms with van der Waals surface area (Å²) in [5.41, 5.74) is -0.922. The van der Waals surface area contributed by atoms with E-state index in [0.29, 0.717) is 36.6 Å². The average Bonchev–Trinajstić information content (AvgIpc) is 3.74. The Hall–Kier alpha value is -3.77. The molecule has 224 valence electrons. The van der Waals surface area contributed by atoms with Crippen molar-refractivity contribution < 1.29 is 27.4 Å². The van der Waals surface area contributed by atoms with Gasteiger partial charge in [0, 0.05) is 49.2 Å². The van der Waals surface area contributed by atoms with Crippen LogP contribution in [0.25, 0.3) is 32.9 Å². The lowest BCUT2D eigenvalue weighted by Crippen LogP contribution is -2.43. The third kappa shape index (κ3) is 4.28. The van der Waals surface area contributed by atoms with Crippen molar-refractivity contribution in [2.75, 3.05) is 44.2 Å². The Morgan fingerprint density at radius 2 is 1.98 bits per heavy atom. The van der Waals surface area contributed by atoms with E-state index in [9.17, 15) is 13.9 Å². The topological polar surface area (TPSA) is 86.6 Å². The minimum Gasteiger partial charge on any atom is -0.508 e. The number of halogens is 4. The predicted octanol–water partition coefficient (Wildman–Crippen LogP) is 4.72. The zero-order chi connectivity index (χ0) is 29.5.